The van der Waals surface area contributed by atoms with Gasteiger partial charge in [0.2, 0.25) is 5.91 Å². The minimum absolute atomic E-state index is 0.152. The molecule has 0 radical (unpaired) electrons. The number of likely N-dealkylation sites (N-methyl/N-ethyl adjacent to an activating group) is 1. The Morgan fingerprint density at radius 2 is 2.17 bits per heavy atom. The molecule has 8 nitrogen and oxygen atoms in total. The van der Waals surface area contributed by atoms with E-state index in [1.807, 2.05) is 32.3 Å². The van der Waals surface area contributed by atoms with Crippen LogP contribution >= 0.6 is 0 Å². The molecule has 8 heteroatoms. The number of pyridine rings is 1. The van der Waals surface area contributed by atoms with Crippen LogP contribution in [0.3, 0.4) is 0 Å². The Morgan fingerprint density at radius 3 is 2.83 bits per heavy atom. The first-order valence-electron chi connectivity index (χ1n) is 10.2. The van der Waals surface area contributed by atoms with Crippen molar-refractivity contribution in [3.05, 3.63) is 53.1 Å². The van der Waals surface area contributed by atoms with E-state index in [1.165, 1.54) is 11.1 Å². The van der Waals surface area contributed by atoms with Crippen LogP contribution < -0.4 is 10.6 Å². The number of hydrogen-bond acceptors (Lipinski definition) is 6. The minimum atomic E-state index is -0.152. The molecule has 4 rings (SSSR count). The summed E-state index contributed by atoms with van der Waals surface area (Å²) in [6.45, 7) is 6.90. The number of nitrogens with zero attached hydrogens (tertiary/aromatic N) is 5. The summed E-state index contributed by atoms with van der Waals surface area (Å²) >= 11 is 0. The Labute approximate surface area is 176 Å². The molecule has 0 unspecified atom stereocenters. The van der Waals surface area contributed by atoms with Gasteiger partial charge in [0.25, 0.3) is 0 Å². The lowest BCUT2D eigenvalue weighted by Gasteiger charge is -2.22. The molecule has 2 aliphatic heterocycles. The minimum Gasteiger partial charge on any atom is -0.384 e. The fourth-order valence-corrected chi connectivity index (χ4v) is 3.80. The van der Waals surface area contributed by atoms with Gasteiger partial charge in [-0.1, -0.05) is 6.08 Å². The summed E-state index contributed by atoms with van der Waals surface area (Å²) < 4.78 is 1.78. The van der Waals surface area contributed by atoms with Crippen LogP contribution in [-0.4, -0.2) is 58.5 Å². The average molecular weight is 406 g/mol. The Balaban J connectivity index is 1.42. The van der Waals surface area contributed by atoms with Crippen LogP contribution in [0.5, 0.6) is 0 Å². The molecule has 156 valence electrons. The predicted octanol–water partition coefficient (Wildman–Crippen LogP) is 2.22. The van der Waals surface area contributed by atoms with Crippen LogP contribution in [0.2, 0.25) is 0 Å². The Hall–Kier alpha value is -3.26. The van der Waals surface area contributed by atoms with Crippen molar-refractivity contribution in [3.8, 4) is 0 Å². The normalized spacial score (nSPS) is 16.6. The number of aliphatic imine (C=N–C) groups is 1. The van der Waals surface area contributed by atoms with E-state index in [1.54, 1.807) is 16.9 Å². The lowest BCUT2D eigenvalue weighted by Crippen LogP contribution is -2.24. The quantitative estimate of drug-likeness (QED) is 0.797. The summed E-state index contributed by atoms with van der Waals surface area (Å²) in [5.74, 6) is 0.359. The second kappa shape index (κ2) is 8.62. The zero-order valence-electron chi connectivity index (χ0n) is 17.6. The summed E-state index contributed by atoms with van der Waals surface area (Å²) in [7, 11) is 2.12. The number of carbonyl (C=O) groups is 1. The van der Waals surface area contributed by atoms with Gasteiger partial charge in [-0.15, -0.1) is 0 Å². The largest absolute Gasteiger partial charge is 0.384 e. The van der Waals surface area contributed by atoms with Crippen molar-refractivity contribution in [1.29, 1.82) is 0 Å². The molecule has 0 aliphatic carbocycles. The number of nitrogens with one attached hydrogen (secondary N) is 2. The van der Waals surface area contributed by atoms with Gasteiger partial charge in [0.15, 0.2) is 0 Å². The fraction of sp³-hybridized carbons (Fsp3) is 0.364. The first kappa shape index (κ1) is 20.0. The molecule has 0 aromatic carbocycles. The van der Waals surface area contributed by atoms with E-state index in [0.29, 0.717) is 5.82 Å². The predicted molar refractivity (Wildman–Crippen MR) is 119 cm³/mol. The molecule has 4 heterocycles. The first-order chi connectivity index (χ1) is 14.5. The van der Waals surface area contributed by atoms with E-state index in [-0.39, 0.29) is 12.5 Å². The maximum Gasteiger partial charge on any atom is 0.247 e. The van der Waals surface area contributed by atoms with Crippen molar-refractivity contribution in [1.82, 2.24) is 25.0 Å². The van der Waals surface area contributed by atoms with E-state index in [4.69, 9.17) is 0 Å². The van der Waals surface area contributed by atoms with E-state index in [9.17, 15) is 4.79 Å². The zero-order chi connectivity index (χ0) is 21.1. The van der Waals surface area contributed by atoms with Crippen molar-refractivity contribution < 1.29 is 4.79 Å². The molecular weight excluding hydrogens is 378 g/mol. The monoisotopic (exact) mass is 405 g/mol. The number of anilines is 1. The van der Waals surface area contributed by atoms with E-state index in [2.05, 4.69) is 43.7 Å². The van der Waals surface area contributed by atoms with Crippen molar-refractivity contribution in [2.24, 2.45) is 4.99 Å². The maximum atomic E-state index is 12.6. The van der Waals surface area contributed by atoms with Crippen molar-refractivity contribution in [3.63, 3.8) is 0 Å². The standard InChI is InChI=1S/C22H27N7O/c1-15-22(17-6-10-28(3)11-7-17)16(2)29(27-15)14-21(30)26-20-5-4-18(12-25-20)19-13-23-8-9-24-19/h4-6,9,12-13,23H,7-8,10-11,14H2,1-3H3,(H,25,26,30). The fourth-order valence-electron chi connectivity index (χ4n) is 3.80. The van der Waals surface area contributed by atoms with Gasteiger partial charge >= 0.3 is 0 Å². The molecule has 2 aromatic rings. The summed E-state index contributed by atoms with van der Waals surface area (Å²) in [5.41, 5.74) is 6.20. The Morgan fingerprint density at radius 1 is 1.30 bits per heavy atom. The smallest absolute Gasteiger partial charge is 0.247 e. The molecule has 0 spiro atoms. The topological polar surface area (TPSA) is 87.4 Å². The highest BCUT2D eigenvalue weighted by atomic mass is 16.2. The highest BCUT2D eigenvalue weighted by Gasteiger charge is 2.19. The van der Waals surface area contributed by atoms with Crippen LogP contribution in [-0.2, 0) is 11.3 Å². The summed E-state index contributed by atoms with van der Waals surface area (Å²) in [5, 5.41) is 10.6. The summed E-state index contributed by atoms with van der Waals surface area (Å²) in [4.78, 5) is 23.6. The van der Waals surface area contributed by atoms with Gasteiger partial charge in [0.05, 0.1) is 11.4 Å². The number of rotatable bonds is 5. The third-order valence-electron chi connectivity index (χ3n) is 5.41. The second-order valence-corrected chi connectivity index (χ2v) is 7.67. The van der Waals surface area contributed by atoms with Gasteiger partial charge in [-0.3, -0.25) is 14.5 Å². The van der Waals surface area contributed by atoms with E-state index < -0.39 is 0 Å². The third kappa shape index (κ3) is 4.33. The van der Waals surface area contributed by atoms with Gasteiger partial charge in [-0.25, -0.2) is 4.98 Å². The first-order valence-corrected chi connectivity index (χ1v) is 10.2. The van der Waals surface area contributed by atoms with Crippen LogP contribution in [0.1, 0.15) is 28.9 Å². The molecule has 2 N–H and O–H groups in total. The molecule has 0 saturated heterocycles. The van der Waals surface area contributed by atoms with Gasteiger partial charge in [0.1, 0.15) is 12.4 Å². The molecule has 30 heavy (non-hydrogen) atoms. The summed E-state index contributed by atoms with van der Waals surface area (Å²) in [6, 6.07) is 3.68. The number of aromatic nitrogens is 3. The van der Waals surface area contributed by atoms with E-state index in [0.717, 1.165) is 48.7 Å². The molecule has 0 saturated carbocycles. The maximum absolute atomic E-state index is 12.6. The van der Waals surface area contributed by atoms with E-state index >= 15 is 0 Å². The van der Waals surface area contributed by atoms with Gasteiger partial charge in [-0.05, 0) is 45.0 Å². The van der Waals surface area contributed by atoms with Crippen LogP contribution in [0.4, 0.5) is 5.82 Å². The lowest BCUT2D eigenvalue weighted by atomic mass is 9.98. The summed E-state index contributed by atoms with van der Waals surface area (Å²) in [6.07, 6.45) is 8.64. The van der Waals surface area contributed by atoms with Crippen molar-refractivity contribution >= 4 is 29.2 Å². The Kier molecular flexibility index (Phi) is 5.76. The average Bonchev–Trinajstić information content (AvgIpc) is 3.03. The van der Waals surface area contributed by atoms with Crippen LogP contribution in [0, 0.1) is 13.8 Å². The second-order valence-electron chi connectivity index (χ2n) is 7.67. The zero-order valence-corrected chi connectivity index (χ0v) is 17.6. The number of amides is 1. The van der Waals surface area contributed by atoms with Crippen molar-refractivity contribution in [2.75, 3.05) is 32.0 Å². The van der Waals surface area contributed by atoms with Gasteiger partial charge in [-0.2, -0.15) is 5.10 Å². The lowest BCUT2D eigenvalue weighted by molar-refractivity contribution is -0.117. The molecule has 1 amide bonds. The molecular formula is C22H27N7O. The molecule has 2 aromatic heterocycles. The highest BCUT2D eigenvalue weighted by molar-refractivity contribution is 5.90. The molecule has 2 aliphatic rings. The molecule has 0 atom stereocenters. The van der Waals surface area contributed by atoms with Gasteiger partial charge in [0, 0.05) is 55.1 Å². The van der Waals surface area contributed by atoms with Crippen LogP contribution in [0.15, 0.2) is 35.6 Å². The number of carbonyl (C=O) groups excluding carboxylic acids is 1. The number of aryl methyl sites for hydroxylation is 1. The van der Waals surface area contributed by atoms with Crippen molar-refractivity contribution in [2.45, 2.75) is 26.8 Å². The van der Waals surface area contributed by atoms with Gasteiger partial charge < -0.3 is 15.5 Å². The molecule has 0 fully saturated rings. The highest BCUT2D eigenvalue weighted by Crippen LogP contribution is 2.27. The SMILES string of the molecule is Cc1nn(CC(=O)Nc2ccc(C3=CNCC=N3)cn2)c(C)c1C1=CCN(C)CC1. The van der Waals surface area contributed by atoms with Crippen LogP contribution in [0.25, 0.3) is 11.3 Å². The number of hydrogen-bond donors (Lipinski definition) is 2. The molecule has 0 bridgehead atoms. The Bertz CT molecular complexity index is 1030. The third-order valence-corrected chi connectivity index (χ3v) is 5.41.